The second-order valence-corrected chi connectivity index (χ2v) is 2.92. The topological polar surface area (TPSA) is 26.3 Å². The number of carbonyl (C=O) groups is 1. The molecule has 0 saturated carbocycles. The van der Waals surface area contributed by atoms with E-state index in [1.807, 2.05) is 43.3 Å². The largest absolute Gasteiger partial charge is 0.461 e. The maximum Gasteiger partial charge on any atom is 0.309 e. The van der Waals surface area contributed by atoms with Gasteiger partial charge in [-0.15, -0.1) is 0 Å². The fourth-order valence-electron chi connectivity index (χ4n) is 1.01. The van der Waals surface area contributed by atoms with Crippen LogP contribution in [0.2, 0.25) is 0 Å². The first-order valence-corrected chi connectivity index (χ1v) is 4.63. The molecule has 0 heterocycles. The molecule has 0 amide bonds. The summed E-state index contributed by atoms with van der Waals surface area (Å²) < 4.78 is 5.04. The molecule has 0 spiro atoms. The summed E-state index contributed by atoms with van der Waals surface area (Å²) in [6.07, 6.45) is 3.97. The number of carbonyl (C=O) groups excluding carboxylic acids is 1. The molecule has 2 heteroatoms. The van der Waals surface area contributed by atoms with E-state index < -0.39 is 0 Å². The highest BCUT2D eigenvalue weighted by molar-refractivity contribution is 5.71. The fraction of sp³-hybridized carbons (Fsp3) is 0.250. The van der Waals surface area contributed by atoms with Crippen molar-refractivity contribution in [3.05, 3.63) is 48.0 Å². The van der Waals surface area contributed by atoms with E-state index >= 15 is 0 Å². The third-order valence-corrected chi connectivity index (χ3v) is 1.76. The third-order valence-electron chi connectivity index (χ3n) is 1.76. The van der Waals surface area contributed by atoms with Gasteiger partial charge in [0.05, 0.1) is 6.42 Å². The van der Waals surface area contributed by atoms with Crippen LogP contribution in [-0.4, -0.2) is 5.97 Å². The minimum absolute atomic E-state index is 0.188. The molecule has 1 aromatic carbocycles. The SMILES string of the molecule is C/C=C/CC(=O)OCc1ccccc1. The Bertz CT molecular complexity index is 301. The van der Waals surface area contributed by atoms with Crippen LogP contribution in [0.4, 0.5) is 0 Å². The molecule has 1 aromatic rings. The molecule has 0 aliphatic carbocycles. The highest BCUT2D eigenvalue weighted by Gasteiger charge is 1.99. The minimum atomic E-state index is -0.188. The van der Waals surface area contributed by atoms with Crippen LogP contribution in [0.25, 0.3) is 0 Å². The molecule has 0 aromatic heterocycles. The van der Waals surface area contributed by atoms with Crippen LogP contribution in [0.3, 0.4) is 0 Å². The lowest BCUT2D eigenvalue weighted by molar-refractivity contribution is -0.143. The van der Waals surface area contributed by atoms with Crippen molar-refractivity contribution in [1.29, 1.82) is 0 Å². The number of esters is 1. The Kier molecular flexibility index (Phi) is 4.48. The van der Waals surface area contributed by atoms with Gasteiger partial charge >= 0.3 is 5.97 Å². The zero-order valence-electron chi connectivity index (χ0n) is 8.27. The standard InChI is InChI=1S/C12H14O2/c1-2-3-9-12(13)14-10-11-7-5-4-6-8-11/h2-8H,9-10H2,1H3/b3-2+. The summed E-state index contributed by atoms with van der Waals surface area (Å²) in [5, 5.41) is 0. The van der Waals surface area contributed by atoms with E-state index in [-0.39, 0.29) is 5.97 Å². The molecule has 0 radical (unpaired) electrons. The average Bonchev–Trinajstić information content (AvgIpc) is 2.25. The normalized spacial score (nSPS) is 10.4. The number of ether oxygens (including phenoxy) is 1. The van der Waals surface area contributed by atoms with Crippen LogP contribution in [-0.2, 0) is 16.1 Å². The second-order valence-electron chi connectivity index (χ2n) is 2.92. The predicted molar refractivity (Wildman–Crippen MR) is 55.7 cm³/mol. The molecular formula is C12H14O2. The van der Waals surface area contributed by atoms with Crippen molar-refractivity contribution >= 4 is 5.97 Å². The van der Waals surface area contributed by atoms with Gasteiger partial charge in [0.1, 0.15) is 6.61 Å². The second kappa shape index (κ2) is 5.97. The maximum atomic E-state index is 11.1. The zero-order chi connectivity index (χ0) is 10.2. The number of hydrogen-bond donors (Lipinski definition) is 0. The molecule has 0 aliphatic heterocycles. The molecule has 0 atom stereocenters. The Morgan fingerprint density at radius 1 is 1.36 bits per heavy atom. The van der Waals surface area contributed by atoms with Crippen LogP contribution in [0.5, 0.6) is 0 Å². The Morgan fingerprint density at radius 2 is 2.07 bits per heavy atom. The van der Waals surface area contributed by atoms with Crippen LogP contribution in [0, 0.1) is 0 Å². The van der Waals surface area contributed by atoms with Gasteiger partial charge in [-0.1, -0.05) is 42.5 Å². The lowest BCUT2D eigenvalue weighted by Crippen LogP contribution is -2.02. The summed E-state index contributed by atoms with van der Waals surface area (Å²) in [7, 11) is 0. The van der Waals surface area contributed by atoms with Gasteiger partial charge in [-0.25, -0.2) is 0 Å². The minimum Gasteiger partial charge on any atom is -0.461 e. The van der Waals surface area contributed by atoms with E-state index in [0.717, 1.165) is 5.56 Å². The summed E-state index contributed by atoms with van der Waals surface area (Å²) >= 11 is 0. The molecule has 0 bridgehead atoms. The Morgan fingerprint density at radius 3 is 2.71 bits per heavy atom. The number of allylic oxidation sites excluding steroid dienone is 1. The first-order chi connectivity index (χ1) is 6.83. The van der Waals surface area contributed by atoms with E-state index in [0.29, 0.717) is 13.0 Å². The zero-order valence-corrected chi connectivity index (χ0v) is 8.27. The van der Waals surface area contributed by atoms with Crippen molar-refractivity contribution in [3.8, 4) is 0 Å². The molecule has 0 fully saturated rings. The highest BCUT2D eigenvalue weighted by atomic mass is 16.5. The van der Waals surface area contributed by atoms with Crippen molar-refractivity contribution < 1.29 is 9.53 Å². The molecule has 0 N–H and O–H groups in total. The molecule has 0 aliphatic rings. The Labute approximate surface area is 84.2 Å². The molecule has 0 unspecified atom stereocenters. The summed E-state index contributed by atoms with van der Waals surface area (Å²) in [6.45, 7) is 2.24. The fourth-order valence-corrected chi connectivity index (χ4v) is 1.01. The predicted octanol–water partition coefficient (Wildman–Crippen LogP) is 2.70. The van der Waals surface area contributed by atoms with Gasteiger partial charge in [-0.2, -0.15) is 0 Å². The van der Waals surface area contributed by atoms with Gasteiger partial charge in [0, 0.05) is 0 Å². The first-order valence-electron chi connectivity index (χ1n) is 4.63. The Hall–Kier alpha value is -1.57. The van der Waals surface area contributed by atoms with Crippen molar-refractivity contribution in [1.82, 2.24) is 0 Å². The molecule has 0 saturated heterocycles. The number of hydrogen-bond acceptors (Lipinski definition) is 2. The van der Waals surface area contributed by atoms with Crippen LogP contribution >= 0.6 is 0 Å². The van der Waals surface area contributed by atoms with Gasteiger partial charge in [0.25, 0.3) is 0 Å². The lowest BCUT2D eigenvalue weighted by Gasteiger charge is -2.02. The summed E-state index contributed by atoms with van der Waals surface area (Å²) in [4.78, 5) is 11.1. The van der Waals surface area contributed by atoms with Crippen LogP contribution in [0.1, 0.15) is 18.9 Å². The van der Waals surface area contributed by atoms with Crippen molar-refractivity contribution in [2.24, 2.45) is 0 Å². The van der Waals surface area contributed by atoms with Gasteiger partial charge in [-0.3, -0.25) is 4.79 Å². The maximum absolute atomic E-state index is 11.1. The van der Waals surface area contributed by atoms with E-state index in [2.05, 4.69) is 0 Å². The van der Waals surface area contributed by atoms with E-state index in [1.165, 1.54) is 0 Å². The van der Waals surface area contributed by atoms with Crippen LogP contribution in [0.15, 0.2) is 42.5 Å². The molecular weight excluding hydrogens is 176 g/mol. The number of rotatable bonds is 4. The highest BCUT2D eigenvalue weighted by Crippen LogP contribution is 2.01. The van der Waals surface area contributed by atoms with E-state index in [4.69, 9.17) is 4.74 Å². The molecule has 2 nitrogen and oxygen atoms in total. The van der Waals surface area contributed by atoms with Crippen molar-refractivity contribution in [2.75, 3.05) is 0 Å². The molecule has 14 heavy (non-hydrogen) atoms. The van der Waals surface area contributed by atoms with Gasteiger partial charge in [-0.05, 0) is 12.5 Å². The van der Waals surface area contributed by atoms with Gasteiger partial charge < -0.3 is 4.74 Å². The first kappa shape index (κ1) is 10.5. The monoisotopic (exact) mass is 190 g/mol. The smallest absolute Gasteiger partial charge is 0.309 e. The van der Waals surface area contributed by atoms with E-state index in [1.54, 1.807) is 6.08 Å². The quantitative estimate of drug-likeness (QED) is 0.539. The summed E-state index contributed by atoms with van der Waals surface area (Å²) in [5.41, 5.74) is 1.02. The van der Waals surface area contributed by atoms with Crippen molar-refractivity contribution in [2.45, 2.75) is 20.0 Å². The van der Waals surface area contributed by atoms with Gasteiger partial charge in [0.2, 0.25) is 0 Å². The Balaban J connectivity index is 2.31. The number of benzene rings is 1. The summed E-state index contributed by atoms with van der Waals surface area (Å²) in [5.74, 6) is -0.188. The van der Waals surface area contributed by atoms with E-state index in [9.17, 15) is 4.79 Å². The lowest BCUT2D eigenvalue weighted by atomic mass is 10.2. The molecule has 1 rings (SSSR count). The molecule has 74 valence electrons. The van der Waals surface area contributed by atoms with Crippen molar-refractivity contribution in [3.63, 3.8) is 0 Å². The van der Waals surface area contributed by atoms with Crippen LogP contribution < -0.4 is 0 Å². The average molecular weight is 190 g/mol. The summed E-state index contributed by atoms with van der Waals surface area (Å²) in [6, 6.07) is 9.65. The third kappa shape index (κ3) is 3.90. The van der Waals surface area contributed by atoms with Gasteiger partial charge in [0.15, 0.2) is 0 Å².